The Morgan fingerprint density at radius 2 is 1.95 bits per heavy atom. The van der Waals surface area contributed by atoms with Crippen LogP contribution in [0.1, 0.15) is 16.2 Å². The van der Waals surface area contributed by atoms with Gasteiger partial charge in [-0.1, -0.05) is 16.8 Å². The van der Waals surface area contributed by atoms with Crippen LogP contribution >= 0.6 is 27.5 Å². The summed E-state index contributed by atoms with van der Waals surface area (Å²) in [5.74, 6) is 0.652. The molecule has 1 aliphatic heterocycles. The van der Waals surface area contributed by atoms with Crippen LogP contribution in [0, 0.1) is 0 Å². The Morgan fingerprint density at radius 3 is 2.67 bits per heavy atom. The molecule has 39 heavy (non-hydrogen) atoms. The molecule has 1 fully saturated rings. The van der Waals surface area contributed by atoms with Gasteiger partial charge in [-0.2, -0.15) is 5.10 Å². The van der Waals surface area contributed by atoms with Gasteiger partial charge in [0.25, 0.3) is 5.91 Å². The Morgan fingerprint density at radius 1 is 1.10 bits per heavy atom. The van der Waals surface area contributed by atoms with Crippen molar-refractivity contribution in [2.24, 2.45) is 0 Å². The number of carbonyl (C=O) groups is 2. The van der Waals surface area contributed by atoms with Crippen molar-refractivity contribution in [1.82, 2.24) is 39.6 Å². The summed E-state index contributed by atoms with van der Waals surface area (Å²) < 4.78 is 9.62. The number of nitrogens with zero attached hydrogens (tertiary/aromatic N) is 8. The van der Waals surface area contributed by atoms with Crippen molar-refractivity contribution < 1.29 is 14.0 Å². The molecule has 4 aromatic heterocycles. The first-order chi connectivity index (χ1) is 18.9. The normalized spacial score (nSPS) is 13.7. The summed E-state index contributed by atoms with van der Waals surface area (Å²) in [7, 11) is 0. The Hall–Kier alpha value is -4.29. The predicted octanol–water partition coefficient (Wildman–Crippen LogP) is 4.01. The summed E-state index contributed by atoms with van der Waals surface area (Å²) in [6.45, 7) is 0.935. The fourth-order valence-electron chi connectivity index (χ4n) is 4.26. The number of pyridine rings is 1. The fourth-order valence-corrected chi connectivity index (χ4v) is 4.62. The minimum Gasteiger partial charge on any atom is -0.463 e. The van der Waals surface area contributed by atoms with Crippen molar-refractivity contribution in [3.63, 3.8) is 0 Å². The predicted molar refractivity (Wildman–Crippen MR) is 144 cm³/mol. The summed E-state index contributed by atoms with van der Waals surface area (Å²) in [5.41, 5.74) is 2.16. The lowest BCUT2D eigenvalue weighted by molar-refractivity contribution is -0.135. The molecule has 196 valence electrons. The van der Waals surface area contributed by atoms with Crippen LogP contribution in [0.25, 0.3) is 23.0 Å². The highest BCUT2D eigenvalue weighted by atomic mass is 79.9. The van der Waals surface area contributed by atoms with E-state index in [-0.39, 0.29) is 30.6 Å². The van der Waals surface area contributed by atoms with Crippen LogP contribution < -0.4 is 0 Å². The lowest BCUT2D eigenvalue weighted by atomic mass is 10.2. The van der Waals surface area contributed by atoms with Crippen molar-refractivity contribution in [2.45, 2.75) is 6.54 Å². The smallest absolute Gasteiger partial charge is 0.274 e. The van der Waals surface area contributed by atoms with Crippen LogP contribution in [0.3, 0.4) is 0 Å². The Labute approximate surface area is 235 Å². The monoisotopic (exact) mass is 606 g/mol. The van der Waals surface area contributed by atoms with E-state index in [1.165, 1.54) is 4.90 Å². The van der Waals surface area contributed by atoms with Gasteiger partial charge in [-0.3, -0.25) is 9.59 Å². The van der Waals surface area contributed by atoms with E-state index >= 15 is 0 Å². The zero-order valence-electron chi connectivity index (χ0n) is 20.3. The van der Waals surface area contributed by atoms with Gasteiger partial charge in [0.2, 0.25) is 5.91 Å². The molecule has 13 heteroatoms. The van der Waals surface area contributed by atoms with E-state index in [0.29, 0.717) is 41.1 Å². The van der Waals surface area contributed by atoms with Gasteiger partial charge in [0.05, 0.1) is 24.7 Å². The quantitative estimate of drug-likeness (QED) is 0.287. The maximum absolute atomic E-state index is 13.4. The lowest BCUT2D eigenvalue weighted by Gasteiger charge is -2.33. The van der Waals surface area contributed by atoms with E-state index in [2.05, 4.69) is 36.3 Å². The van der Waals surface area contributed by atoms with Gasteiger partial charge >= 0.3 is 0 Å². The van der Waals surface area contributed by atoms with Gasteiger partial charge in [0.1, 0.15) is 17.9 Å². The number of halogens is 2. The molecular weight excluding hydrogens is 588 g/mol. The van der Waals surface area contributed by atoms with E-state index in [0.717, 1.165) is 10.2 Å². The van der Waals surface area contributed by atoms with Crippen molar-refractivity contribution in [3.05, 3.63) is 94.1 Å². The third-order valence-electron chi connectivity index (χ3n) is 6.22. The standard InChI is InChI=1S/C26H20BrClN8O3/c27-17-3-8-24(29-13-17)35-15-19(30-32-35)14-33-9-10-34(16-25(33)37)26(38)21-12-22(23-2-1-11-39-23)36(31-21)20-6-4-18(28)5-7-20/h1-8,11-13,15H,9-10,14,16H2. The van der Waals surface area contributed by atoms with Gasteiger partial charge in [0, 0.05) is 34.8 Å². The fraction of sp³-hybridized carbons (Fsp3) is 0.154. The highest BCUT2D eigenvalue weighted by Crippen LogP contribution is 2.26. The van der Waals surface area contributed by atoms with Gasteiger partial charge in [0.15, 0.2) is 17.3 Å². The number of furan rings is 1. The number of carbonyl (C=O) groups excluding carboxylic acids is 2. The summed E-state index contributed by atoms with van der Waals surface area (Å²) >= 11 is 9.41. The molecule has 0 radical (unpaired) electrons. The summed E-state index contributed by atoms with van der Waals surface area (Å²) in [4.78, 5) is 33.8. The molecule has 0 saturated carbocycles. The van der Waals surface area contributed by atoms with Crippen LogP contribution in [-0.2, 0) is 11.3 Å². The average molecular weight is 608 g/mol. The van der Waals surface area contributed by atoms with Gasteiger partial charge < -0.3 is 14.2 Å². The molecule has 1 saturated heterocycles. The van der Waals surface area contributed by atoms with Crippen molar-refractivity contribution >= 4 is 39.3 Å². The molecular formula is C26H20BrClN8O3. The lowest BCUT2D eigenvalue weighted by Crippen LogP contribution is -2.51. The summed E-state index contributed by atoms with van der Waals surface area (Å²) in [6.07, 6.45) is 4.97. The molecule has 0 N–H and O–H groups in total. The Bertz CT molecular complexity index is 1630. The number of benzene rings is 1. The highest BCUT2D eigenvalue weighted by molar-refractivity contribution is 9.10. The minimum atomic E-state index is -0.337. The molecule has 1 aromatic carbocycles. The van der Waals surface area contributed by atoms with E-state index < -0.39 is 0 Å². The van der Waals surface area contributed by atoms with E-state index in [4.69, 9.17) is 16.0 Å². The maximum atomic E-state index is 13.4. The number of amides is 2. The molecule has 5 aromatic rings. The minimum absolute atomic E-state index is 0.0644. The average Bonchev–Trinajstić information content (AvgIpc) is 3.71. The van der Waals surface area contributed by atoms with Crippen LogP contribution in [0.2, 0.25) is 5.02 Å². The van der Waals surface area contributed by atoms with E-state index in [9.17, 15) is 9.59 Å². The molecule has 0 bridgehead atoms. The first-order valence-corrected chi connectivity index (χ1v) is 13.1. The van der Waals surface area contributed by atoms with Crippen LogP contribution in [0.5, 0.6) is 0 Å². The zero-order valence-corrected chi connectivity index (χ0v) is 22.7. The van der Waals surface area contributed by atoms with Gasteiger partial charge in [-0.15, -0.1) is 5.10 Å². The number of hydrogen-bond donors (Lipinski definition) is 0. The van der Waals surface area contributed by atoms with Crippen molar-refractivity contribution in [2.75, 3.05) is 19.6 Å². The first kappa shape index (κ1) is 25.0. The third kappa shape index (κ3) is 5.20. The summed E-state index contributed by atoms with van der Waals surface area (Å²) in [6, 6.07) is 16.0. The molecule has 0 atom stereocenters. The van der Waals surface area contributed by atoms with Crippen LogP contribution in [-0.4, -0.2) is 71.0 Å². The number of rotatable bonds is 6. The Balaban J connectivity index is 1.16. The van der Waals surface area contributed by atoms with E-state index in [1.54, 1.807) is 75.4 Å². The largest absolute Gasteiger partial charge is 0.463 e. The topological polar surface area (TPSA) is 115 Å². The number of piperazine rings is 1. The second-order valence-corrected chi connectivity index (χ2v) is 10.2. The molecule has 1 aliphatic rings. The van der Waals surface area contributed by atoms with Crippen LogP contribution in [0.15, 0.2) is 82.1 Å². The number of hydrogen-bond acceptors (Lipinski definition) is 7. The molecule has 0 aliphatic carbocycles. The molecule has 0 spiro atoms. The zero-order chi connectivity index (χ0) is 26.9. The molecule has 2 amide bonds. The Kier molecular flexibility index (Phi) is 6.71. The second kappa shape index (κ2) is 10.5. The first-order valence-electron chi connectivity index (χ1n) is 11.9. The molecule has 5 heterocycles. The van der Waals surface area contributed by atoms with Gasteiger partial charge in [-0.25, -0.2) is 14.3 Å². The van der Waals surface area contributed by atoms with Crippen molar-refractivity contribution in [1.29, 1.82) is 0 Å². The molecule has 11 nitrogen and oxygen atoms in total. The SMILES string of the molecule is O=C1CN(C(=O)c2cc(-c3ccco3)n(-c3ccc(Cl)cc3)n2)CCN1Cc1cn(-c2ccc(Br)cn2)nn1. The molecule has 6 rings (SSSR count). The van der Waals surface area contributed by atoms with Crippen molar-refractivity contribution in [3.8, 4) is 23.0 Å². The van der Waals surface area contributed by atoms with E-state index in [1.807, 2.05) is 12.1 Å². The van der Waals surface area contributed by atoms with Crippen LogP contribution in [0.4, 0.5) is 0 Å². The number of aromatic nitrogens is 6. The maximum Gasteiger partial charge on any atom is 0.274 e. The molecule has 0 unspecified atom stereocenters. The van der Waals surface area contributed by atoms with Gasteiger partial charge in [-0.05, 0) is 64.5 Å². The third-order valence-corrected chi connectivity index (χ3v) is 6.94. The highest BCUT2D eigenvalue weighted by Gasteiger charge is 2.30. The second-order valence-electron chi connectivity index (χ2n) is 8.81. The summed E-state index contributed by atoms with van der Waals surface area (Å²) in [5, 5.41) is 13.4.